The number of hydrogen-bond donors (Lipinski definition) is 0. The normalized spacial score (nSPS) is 18.8. The average Bonchev–Trinajstić information content (AvgIpc) is 3.16. The van der Waals surface area contributed by atoms with Crippen LogP contribution >= 0.6 is 0 Å². The maximum atomic E-state index is 14.0. The minimum absolute atomic E-state index is 0.326. The topological polar surface area (TPSA) is 24.7 Å². The van der Waals surface area contributed by atoms with Gasteiger partial charge in [0, 0.05) is 24.5 Å². The summed E-state index contributed by atoms with van der Waals surface area (Å²) in [6, 6.07) is 0. The Bertz CT molecular complexity index is 463. The van der Waals surface area contributed by atoms with Crippen molar-refractivity contribution >= 4 is 11.9 Å². The largest absolute Gasteiger partial charge is 0.296 e. The summed E-state index contributed by atoms with van der Waals surface area (Å²) in [5, 5.41) is 0. The SMILES string of the molecule is C=C(C)/N=C(C(/C=N\C)=C(C)CC1CC1)\C(F)=C/C. The van der Waals surface area contributed by atoms with E-state index in [1.54, 1.807) is 27.1 Å². The van der Waals surface area contributed by atoms with Crippen LogP contribution in [0.4, 0.5) is 4.39 Å². The second-order valence-corrected chi connectivity index (χ2v) is 5.06. The predicted molar refractivity (Wildman–Crippen MR) is 81.6 cm³/mol. The molecular weight excluding hydrogens is 239 g/mol. The summed E-state index contributed by atoms with van der Waals surface area (Å²) in [5.74, 6) is 0.424. The fraction of sp³-hybridized carbons (Fsp3) is 0.500. The van der Waals surface area contributed by atoms with Crippen LogP contribution in [-0.2, 0) is 0 Å². The monoisotopic (exact) mass is 262 g/mol. The number of aliphatic imine (C=N–C) groups is 2. The summed E-state index contributed by atoms with van der Waals surface area (Å²) in [7, 11) is 1.69. The van der Waals surface area contributed by atoms with Crippen LogP contribution in [0.1, 0.15) is 40.0 Å². The van der Waals surface area contributed by atoms with E-state index in [1.807, 2.05) is 6.92 Å². The summed E-state index contributed by atoms with van der Waals surface area (Å²) in [6.45, 7) is 9.20. The summed E-state index contributed by atoms with van der Waals surface area (Å²) in [4.78, 5) is 8.29. The third-order valence-corrected chi connectivity index (χ3v) is 3.05. The second-order valence-electron chi connectivity index (χ2n) is 5.06. The van der Waals surface area contributed by atoms with Gasteiger partial charge >= 0.3 is 0 Å². The number of hydrogen-bond acceptors (Lipinski definition) is 2. The lowest BCUT2D eigenvalue weighted by Gasteiger charge is -2.10. The third-order valence-electron chi connectivity index (χ3n) is 3.05. The van der Waals surface area contributed by atoms with Gasteiger partial charge in [-0.25, -0.2) is 4.39 Å². The van der Waals surface area contributed by atoms with Gasteiger partial charge in [0.15, 0.2) is 0 Å². The van der Waals surface area contributed by atoms with Gasteiger partial charge in [-0.2, -0.15) is 0 Å². The third kappa shape index (κ3) is 4.93. The van der Waals surface area contributed by atoms with Crippen molar-refractivity contribution in [2.45, 2.75) is 40.0 Å². The van der Waals surface area contributed by atoms with Crippen LogP contribution in [0.15, 0.2) is 45.3 Å². The zero-order valence-electron chi connectivity index (χ0n) is 12.3. The van der Waals surface area contributed by atoms with Crippen molar-refractivity contribution in [2.24, 2.45) is 15.9 Å². The summed E-state index contributed by atoms with van der Waals surface area (Å²) in [6.07, 6.45) is 6.66. The van der Waals surface area contributed by atoms with Gasteiger partial charge in [-0.1, -0.05) is 12.2 Å². The number of rotatable bonds is 6. The van der Waals surface area contributed by atoms with E-state index in [-0.39, 0.29) is 5.83 Å². The highest BCUT2D eigenvalue weighted by Crippen LogP contribution is 2.36. The van der Waals surface area contributed by atoms with E-state index in [1.165, 1.54) is 18.9 Å². The van der Waals surface area contributed by atoms with Crippen molar-refractivity contribution in [1.29, 1.82) is 0 Å². The highest BCUT2D eigenvalue weighted by Gasteiger charge is 2.23. The first-order valence-electron chi connectivity index (χ1n) is 6.68. The van der Waals surface area contributed by atoms with Crippen molar-refractivity contribution in [3.63, 3.8) is 0 Å². The Kier molecular flexibility index (Phi) is 5.87. The molecule has 0 aromatic carbocycles. The lowest BCUT2D eigenvalue weighted by atomic mass is 9.99. The Morgan fingerprint density at radius 3 is 2.42 bits per heavy atom. The number of nitrogens with zero attached hydrogens (tertiary/aromatic N) is 2. The van der Waals surface area contributed by atoms with Crippen molar-refractivity contribution in [3.8, 4) is 0 Å². The van der Waals surface area contributed by atoms with Gasteiger partial charge in [-0.3, -0.25) is 9.98 Å². The lowest BCUT2D eigenvalue weighted by molar-refractivity contribution is 0.679. The maximum Gasteiger partial charge on any atom is 0.145 e. The van der Waals surface area contributed by atoms with E-state index in [0.717, 1.165) is 23.5 Å². The van der Waals surface area contributed by atoms with E-state index >= 15 is 0 Å². The van der Waals surface area contributed by atoms with Gasteiger partial charge in [0.05, 0.1) is 0 Å². The van der Waals surface area contributed by atoms with E-state index < -0.39 is 0 Å². The summed E-state index contributed by atoms with van der Waals surface area (Å²) >= 11 is 0. The molecule has 0 aliphatic heterocycles. The molecule has 0 aromatic rings. The molecule has 1 rings (SSSR count). The van der Waals surface area contributed by atoms with E-state index in [2.05, 4.69) is 16.6 Å². The summed E-state index contributed by atoms with van der Waals surface area (Å²) < 4.78 is 14.0. The quantitative estimate of drug-likeness (QED) is 0.622. The van der Waals surface area contributed by atoms with Crippen LogP contribution in [0, 0.1) is 5.92 Å². The molecule has 1 fully saturated rings. The minimum Gasteiger partial charge on any atom is -0.296 e. The Balaban J connectivity index is 3.21. The molecule has 1 saturated carbocycles. The van der Waals surface area contributed by atoms with E-state index in [9.17, 15) is 4.39 Å². The zero-order chi connectivity index (χ0) is 14.4. The molecule has 19 heavy (non-hydrogen) atoms. The molecule has 1 aliphatic carbocycles. The smallest absolute Gasteiger partial charge is 0.145 e. The molecule has 0 bridgehead atoms. The molecule has 0 heterocycles. The van der Waals surface area contributed by atoms with Gasteiger partial charge < -0.3 is 0 Å². The molecule has 3 heteroatoms. The fourth-order valence-electron chi connectivity index (χ4n) is 1.94. The molecule has 0 N–H and O–H groups in total. The Morgan fingerprint density at radius 1 is 1.37 bits per heavy atom. The molecule has 0 radical (unpaired) electrons. The van der Waals surface area contributed by atoms with Crippen molar-refractivity contribution < 1.29 is 4.39 Å². The fourth-order valence-corrected chi connectivity index (χ4v) is 1.94. The van der Waals surface area contributed by atoms with Crippen LogP contribution in [0.5, 0.6) is 0 Å². The maximum absolute atomic E-state index is 14.0. The van der Waals surface area contributed by atoms with Gasteiger partial charge in [0.1, 0.15) is 11.5 Å². The lowest BCUT2D eigenvalue weighted by Crippen LogP contribution is -2.09. The van der Waals surface area contributed by atoms with Gasteiger partial charge in [-0.05, 0) is 52.0 Å². The molecule has 1 aliphatic rings. The van der Waals surface area contributed by atoms with Crippen LogP contribution in [0.3, 0.4) is 0 Å². The molecule has 104 valence electrons. The molecule has 0 saturated heterocycles. The summed E-state index contributed by atoms with van der Waals surface area (Å²) in [5.41, 5.74) is 2.87. The highest BCUT2D eigenvalue weighted by atomic mass is 19.1. The Hall–Kier alpha value is -1.51. The van der Waals surface area contributed by atoms with Crippen LogP contribution in [-0.4, -0.2) is 19.0 Å². The van der Waals surface area contributed by atoms with Gasteiger partial charge in [-0.15, -0.1) is 0 Å². The highest BCUT2D eigenvalue weighted by molar-refractivity contribution is 6.23. The molecule has 0 amide bonds. The Morgan fingerprint density at radius 2 is 2.00 bits per heavy atom. The van der Waals surface area contributed by atoms with Crippen molar-refractivity contribution in [3.05, 3.63) is 35.3 Å². The second kappa shape index (κ2) is 7.17. The predicted octanol–water partition coefficient (Wildman–Crippen LogP) is 4.65. The first-order valence-corrected chi connectivity index (χ1v) is 6.68. The van der Waals surface area contributed by atoms with Crippen LogP contribution in [0.25, 0.3) is 0 Å². The standard InChI is InChI=1S/C16H23FN2/c1-6-15(17)16(19-11(2)3)14(10-18-5)12(4)9-13-7-8-13/h6,10,13H,2,7-9H2,1,3-5H3/b14-12?,15-6+,18-10-,19-16-. The first kappa shape index (κ1) is 15.5. The van der Waals surface area contributed by atoms with Crippen LogP contribution < -0.4 is 0 Å². The number of halogens is 1. The Labute approximate surface area is 115 Å². The van der Waals surface area contributed by atoms with Gasteiger partial charge in [0.2, 0.25) is 0 Å². The zero-order valence-corrected chi connectivity index (χ0v) is 12.3. The molecule has 0 atom stereocenters. The van der Waals surface area contributed by atoms with Crippen molar-refractivity contribution in [1.82, 2.24) is 0 Å². The molecule has 0 spiro atoms. The van der Waals surface area contributed by atoms with E-state index in [4.69, 9.17) is 0 Å². The number of allylic oxidation sites excluding steroid dienone is 5. The first-order chi connectivity index (χ1) is 8.99. The molecule has 2 nitrogen and oxygen atoms in total. The van der Waals surface area contributed by atoms with Crippen LogP contribution in [0.2, 0.25) is 0 Å². The molecule has 0 unspecified atom stereocenters. The minimum atomic E-state index is -0.326. The van der Waals surface area contributed by atoms with Gasteiger partial charge in [0.25, 0.3) is 0 Å². The van der Waals surface area contributed by atoms with E-state index in [0.29, 0.717) is 11.4 Å². The molecule has 0 aromatic heterocycles. The molecular formula is C16H23FN2. The average molecular weight is 262 g/mol. The van der Waals surface area contributed by atoms with Crippen molar-refractivity contribution in [2.75, 3.05) is 7.05 Å².